The number of nitrogens with one attached hydrogen (secondary N) is 1. The molecular formula is C15H21ClN2O2S. The van der Waals surface area contributed by atoms with Gasteiger partial charge in [-0.2, -0.15) is 0 Å². The molecule has 1 aliphatic heterocycles. The van der Waals surface area contributed by atoms with Gasteiger partial charge in [0.1, 0.15) is 0 Å². The molecule has 6 heteroatoms. The molecule has 1 fully saturated rings. The van der Waals surface area contributed by atoms with E-state index in [9.17, 15) is 8.42 Å². The fourth-order valence-electron chi connectivity index (χ4n) is 2.31. The molecule has 2 rings (SSSR count). The first-order valence-corrected chi connectivity index (χ1v) is 9.13. The molecule has 1 N–H and O–H groups in total. The van der Waals surface area contributed by atoms with Gasteiger partial charge < -0.3 is 4.90 Å². The summed E-state index contributed by atoms with van der Waals surface area (Å²) < 4.78 is 26.3. The molecule has 1 aromatic rings. The van der Waals surface area contributed by atoms with Crippen molar-refractivity contribution in [3.63, 3.8) is 0 Å². The molecular weight excluding hydrogens is 308 g/mol. The van der Waals surface area contributed by atoms with Crippen LogP contribution in [0.4, 0.5) is 0 Å². The molecule has 1 saturated heterocycles. The summed E-state index contributed by atoms with van der Waals surface area (Å²) in [6.07, 6.45) is 4.93. The molecule has 0 atom stereocenters. The van der Waals surface area contributed by atoms with Crippen LogP contribution in [0.2, 0.25) is 5.02 Å². The van der Waals surface area contributed by atoms with Crippen LogP contribution in [0.3, 0.4) is 0 Å². The normalized spacial score (nSPS) is 16.8. The van der Waals surface area contributed by atoms with Crippen molar-refractivity contribution < 1.29 is 8.42 Å². The topological polar surface area (TPSA) is 49.4 Å². The molecule has 0 unspecified atom stereocenters. The van der Waals surface area contributed by atoms with Gasteiger partial charge >= 0.3 is 0 Å². The number of hydrogen-bond acceptors (Lipinski definition) is 3. The SMILES string of the molecule is O=S(=O)(/C=C/c1ccc(Cl)cc1)NCCCN1CCCC1. The van der Waals surface area contributed by atoms with E-state index < -0.39 is 10.0 Å². The highest BCUT2D eigenvalue weighted by atomic mass is 35.5. The number of halogens is 1. The molecule has 21 heavy (non-hydrogen) atoms. The van der Waals surface area contributed by atoms with Crippen LogP contribution in [0.1, 0.15) is 24.8 Å². The predicted molar refractivity (Wildman–Crippen MR) is 87.7 cm³/mol. The van der Waals surface area contributed by atoms with E-state index in [2.05, 4.69) is 9.62 Å². The lowest BCUT2D eigenvalue weighted by atomic mass is 10.2. The van der Waals surface area contributed by atoms with Gasteiger partial charge in [0.05, 0.1) is 0 Å². The van der Waals surface area contributed by atoms with Crippen molar-refractivity contribution in [2.75, 3.05) is 26.2 Å². The Morgan fingerprint density at radius 1 is 1.19 bits per heavy atom. The lowest BCUT2D eigenvalue weighted by molar-refractivity contribution is 0.334. The summed E-state index contributed by atoms with van der Waals surface area (Å²) in [6.45, 7) is 3.72. The summed E-state index contributed by atoms with van der Waals surface area (Å²) in [5, 5.41) is 1.83. The van der Waals surface area contributed by atoms with Crippen molar-refractivity contribution in [1.29, 1.82) is 0 Å². The Kier molecular flexibility index (Phi) is 6.23. The van der Waals surface area contributed by atoms with Gasteiger partial charge in [0, 0.05) is 17.0 Å². The Hall–Kier alpha value is -0.880. The maximum absolute atomic E-state index is 11.8. The maximum atomic E-state index is 11.8. The third-order valence-corrected chi connectivity index (χ3v) is 4.82. The Labute approximate surface area is 131 Å². The molecule has 0 bridgehead atoms. The van der Waals surface area contributed by atoms with Gasteiger partial charge in [-0.25, -0.2) is 13.1 Å². The molecule has 4 nitrogen and oxygen atoms in total. The van der Waals surface area contributed by atoms with Crippen LogP contribution in [0, 0.1) is 0 Å². The van der Waals surface area contributed by atoms with Gasteiger partial charge in [0.15, 0.2) is 0 Å². The second-order valence-electron chi connectivity index (χ2n) is 5.20. The minimum absolute atomic E-state index is 0.476. The maximum Gasteiger partial charge on any atom is 0.233 e. The van der Waals surface area contributed by atoms with Crippen molar-refractivity contribution in [3.8, 4) is 0 Å². The number of likely N-dealkylation sites (tertiary alicyclic amines) is 1. The summed E-state index contributed by atoms with van der Waals surface area (Å²) >= 11 is 5.78. The van der Waals surface area contributed by atoms with E-state index in [1.807, 2.05) is 0 Å². The molecule has 0 amide bonds. The lowest BCUT2D eigenvalue weighted by Gasteiger charge is -2.13. The van der Waals surface area contributed by atoms with Crippen LogP contribution in [0.15, 0.2) is 29.7 Å². The lowest BCUT2D eigenvalue weighted by Crippen LogP contribution is -2.27. The first-order valence-electron chi connectivity index (χ1n) is 7.21. The van der Waals surface area contributed by atoms with Gasteiger partial charge in [0.25, 0.3) is 0 Å². The van der Waals surface area contributed by atoms with Crippen molar-refractivity contribution >= 4 is 27.7 Å². The van der Waals surface area contributed by atoms with E-state index in [0.717, 1.165) is 31.6 Å². The number of hydrogen-bond donors (Lipinski definition) is 1. The Bertz CT molecular complexity index is 564. The predicted octanol–water partition coefficient (Wildman–Crippen LogP) is 2.72. The summed E-state index contributed by atoms with van der Waals surface area (Å²) in [7, 11) is -3.37. The first kappa shape index (κ1) is 16.5. The van der Waals surface area contributed by atoms with Crippen molar-refractivity contribution in [1.82, 2.24) is 9.62 Å². The van der Waals surface area contributed by atoms with Gasteiger partial charge in [-0.3, -0.25) is 0 Å². The standard InChI is InChI=1S/C15H21ClN2O2S/c16-15-6-4-14(5-7-15)8-13-21(19,20)17-9-3-12-18-10-1-2-11-18/h4-8,13,17H,1-3,9-12H2/b13-8+. The molecule has 1 aromatic carbocycles. The molecule has 0 radical (unpaired) electrons. The van der Waals surface area contributed by atoms with E-state index in [1.165, 1.54) is 18.2 Å². The summed E-state index contributed by atoms with van der Waals surface area (Å²) in [5.74, 6) is 0. The third-order valence-electron chi connectivity index (χ3n) is 3.46. The van der Waals surface area contributed by atoms with E-state index in [-0.39, 0.29) is 0 Å². The minimum Gasteiger partial charge on any atom is -0.303 e. The number of nitrogens with zero attached hydrogens (tertiary/aromatic N) is 1. The largest absolute Gasteiger partial charge is 0.303 e. The Balaban J connectivity index is 1.74. The van der Waals surface area contributed by atoms with Crippen LogP contribution in [0.25, 0.3) is 6.08 Å². The fraction of sp³-hybridized carbons (Fsp3) is 0.467. The molecule has 0 aromatic heterocycles. The zero-order valence-corrected chi connectivity index (χ0v) is 13.5. The zero-order valence-electron chi connectivity index (χ0n) is 12.0. The van der Waals surface area contributed by atoms with Gasteiger partial charge in [-0.1, -0.05) is 23.7 Å². The molecule has 0 aliphatic carbocycles. The number of rotatable bonds is 7. The van der Waals surface area contributed by atoms with Crippen molar-refractivity contribution in [3.05, 3.63) is 40.3 Å². The Morgan fingerprint density at radius 2 is 1.86 bits per heavy atom. The number of sulfonamides is 1. The second kappa shape index (κ2) is 7.94. The zero-order chi connectivity index (χ0) is 15.1. The van der Waals surface area contributed by atoms with Crippen LogP contribution in [0.5, 0.6) is 0 Å². The highest BCUT2D eigenvalue weighted by molar-refractivity contribution is 7.92. The monoisotopic (exact) mass is 328 g/mol. The molecule has 116 valence electrons. The molecule has 0 saturated carbocycles. The van der Waals surface area contributed by atoms with Crippen LogP contribution in [-0.2, 0) is 10.0 Å². The van der Waals surface area contributed by atoms with E-state index >= 15 is 0 Å². The summed E-state index contributed by atoms with van der Waals surface area (Å²) in [5.41, 5.74) is 0.807. The van der Waals surface area contributed by atoms with E-state index in [1.54, 1.807) is 30.3 Å². The quantitative estimate of drug-likeness (QED) is 0.783. The van der Waals surface area contributed by atoms with Crippen molar-refractivity contribution in [2.24, 2.45) is 0 Å². The van der Waals surface area contributed by atoms with Crippen LogP contribution >= 0.6 is 11.6 Å². The third kappa shape index (κ3) is 6.18. The molecule has 1 heterocycles. The van der Waals surface area contributed by atoms with Crippen LogP contribution in [-0.4, -0.2) is 39.5 Å². The highest BCUT2D eigenvalue weighted by Crippen LogP contribution is 2.11. The van der Waals surface area contributed by atoms with Crippen molar-refractivity contribution in [2.45, 2.75) is 19.3 Å². The first-order chi connectivity index (χ1) is 10.1. The van der Waals surface area contributed by atoms with E-state index in [0.29, 0.717) is 11.6 Å². The summed E-state index contributed by atoms with van der Waals surface area (Å²) in [4.78, 5) is 2.37. The molecule has 0 spiro atoms. The van der Waals surface area contributed by atoms with E-state index in [4.69, 9.17) is 11.6 Å². The average molecular weight is 329 g/mol. The second-order valence-corrected chi connectivity index (χ2v) is 7.28. The molecule has 1 aliphatic rings. The average Bonchev–Trinajstić information content (AvgIpc) is 2.96. The minimum atomic E-state index is -3.37. The van der Waals surface area contributed by atoms with Crippen LogP contribution < -0.4 is 4.72 Å². The highest BCUT2D eigenvalue weighted by Gasteiger charge is 2.11. The fourth-order valence-corrected chi connectivity index (χ4v) is 3.30. The van der Waals surface area contributed by atoms with Gasteiger partial charge in [-0.15, -0.1) is 0 Å². The summed E-state index contributed by atoms with van der Waals surface area (Å²) in [6, 6.07) is 7.03. The smallest absolute Gasteiger partial charge is 0.233 e. The Morgan fingerprint density at radius 3 is 2.52 bits per heavy atom. The van der Waals surface area contributed by atoms with Gasteiger partial charge in [-0.05, 0) is 62.7 Å². The number of benzene rings is 1. The van der Waals surface area contributed by atoms with Gasteiger partial charge in [0.2, 0.25) is 10.0 Å².